The molecule has 0 aromatic carbocycles. The van der Waals surface area contributed by atoms with Crippen LogP contribution in [0.3, 0.4) is 0 Å². The van der Waals surface area contributed by atoms with Crippen LogP contribution in [0.2, 0.25) is 0 Å². The Kier molecular flexibility index (Phi) is 5.78. The van der Waals surface area contributed by atoms with Gasteiger partial charge in [0.15, 0.2) is 0 Å². The highest BCUT2D eigenvalue weighted by Gasteiger charge is 2.15. The molecule has 1 aliphatic heterocycles. The molecule has 0 radical (unpaired) electrons. The normalized spacial score (nSPS) is 15.7. The Bertz CT molecular complexity index is 111. The van der Waals surface area contributed by atoms with E-state index < -0.39 is 0 Å². The van der Waals surface area contributed by atoms with Crippen LogP contribution in [0, 0.1) is 0 Å². The molecule has 3 N–H and O–H groups in total. The molecule has 0 aromatic rings. The average Bonchev–Trinajstić information content (AvgIpc) is 2.59. The van der Waals surface area contributed by atoms with Crippen molar-refractivity contribution in [1.82, 2.24) is 4.90 Å². The number of carbonyl (C=O) groups is 1. The molecule has 0 saturated carbocycles. The Morgan fingerprint density at radius 2 is 1.91 bits per heavy atom. The maximum Gasteiger partial charge on any atom is 0.236 e. The Labute approximate surface area is 67.0 Å². The van der Waals surface area contributed by atoms with E-state index in [-0.39, 0.29) is 12.5 Å². The molecule has 1 heterocycles. The average molecular weight is 160 g/mol. The molecule has 0 bridgehead atoms. The van der Waals surface area contributed by atoms with Crippen molar-refractivity contribution < 1.29 is 9.90 Å². The summed E-state index contributed by atoms with van der Waals surface area (Å²) in [5.74, 6) is 0.0903. The van der Waals surface area contributed by atoms with Crippen molar-refractivity contribution in [3.8, 4) is 0 Å². The smallest absolute Gasteiger partial charge is 0.236 e. The number of rotatable bonds is 1. The van der Waals surface area contributed by atoms with E-state index in [1.165, 1.54) is 0 Å². The molecule has 0 aromatic heterocycles. The van der Waals surface area contributed by atoms with Gasteiger partial charge >= 0.3 is 0 Å². The van der Waals surface area contributed by atoms with Crippen molar-refractivity contribution in [2.45, 2.75) is 12.8 Å². The minimum absolute atomic E-state index is 0.0903. The van der Waals surface area contributed by atoms with Gasteiger partial charge in [-0.15, -0.1) is 0 Å². The van der Waals surface area contributed by atoms with Gasteiger partial charge in [0, 0.05) is 20.2 Å². The van der Waals surface area contributed by atoms with Crippen LogP contribution in [0.5, 0.6) is 0 Å². The standard InChI is InChI=1S/C6H12N2O.CH4O/c7-5-6(9)8-3-1-2-4-8;1-2/h1-5,7H2;2H,1H3. The lowest BCUT2D eigenvalue weighted by Crippen LogP contribution is -2.33. The first-order valence-corrected chi connectivity index (χ1v) is 3.77. The maximum atomic E-state index is 10.8. The minimum atomic E-state index is 0.0903. The van der Waals surface area contributed by atoms with Gasteiger partial charge in [0.2, 0.25) is 5.91 Å². The van der Waals surface area contributed by atoms with Crippen LogP contribution >= 0.6 is 0 Å². The van der Waals surface area contributed by atoms with E-state index in [9.17, 15) is 4.79 Å². The third kappa shape index (κ3) is 3.34. The second-order valence-electron chi connectivity index (χ2n) is 2.29. The number of nitrogens with zero attached hydrogens (tertiary/aromatic N) is 1. The third-order valence-electron chi connectivity index (χ3n) is 1.63. The second-order valence-corrected chi connectivity index (χ2v) is 2.29. The summed E-state index contributed by atoms with van der Waals surface area (Å²) in [6.45, 7) is 1.99. The van der Waals surface area contributed by atoms with E-state index in [4.69, 9.17) is 10.8 Å². The topological polar surface area (TPSA) is 66.6 Å². The number of hydrogen-bond acceptors (Lipinski definition) is 3. The largest absolute Gasteiger partial charge is 0.400 e. The van der Waals surface area contributed by atoms with Crippen molar-refractivity contribution in [1.29, 1.82) is 0 Å². The summed E-state index contributed by atoms with van der Waals surface area (Å²) in [6.07, 6.45) is 2.29. The number of hydrogen-bond donors (Lipinski definition) is 2. The SMILES string of the molecule is CO.NCC(=O)N1CCCC1. The van der Waals surface area contributed by atoms with E-state index in [0.29, 0.717) is 0 Å². The molecule has 11 heavy (non-hydrogen) atoms. The quantitative estimate of drug-likeness (QED) is 0.526. The zero-order valence-corrected chi connectivity index (χ0v) is 6.92. The van der Waals surface area contributed by atoms with Crippen LogP contribution < -0.4 is 5.73 Å². The summed E-state index contributed by atoms with van der Waals surface area (Å²) < 4.78 is 0. The molecule has 0 atom stereocenters. The first-order chi connectivity index (χ1) is 5.34. The number of nitrogens with two attached hydrogens (primary N) is 1. The fourth-order valence-corrected chi connectivity index (χ4v) is 1.10. The molecule has 66 valence electrons. The van der Waals surface area contributed by atoms with E-state index in [0.717, 1.165) is 33.0 Å². The molecule has 1 aliphatic rings. The molecule has 0 unspecified atom stereocenters. The second kappa shape index (κ2) is 6.12. The summed E-state index contributed by atoms with van der Waals surface area (Å²) in [6, 6.07) is 0. The van der Waals surface area contributed by atoms with Gasteiger partial charge in [0.25, 0.3) is 0 Å². The Morgan fingerprint density at radius 3 is 2.27 bits per heavy atom. The molecular formula is C7H16N2O2. The monoisotopic (exact) mass is 160 g/mol. The van der Waals surface area contributed by atoms with Gasteiger partial charge in [0.1, 0.15) is 0 Å². The molecule has 4 heteroatoms. The van der Waals surface area contributed by atoms with Crippen molar-refractivity contribution in [2.24, 2.45) is 5.73 Å². The van der Waals surface area contributed by atoms with Gasteiger partial charge in [-0.2, -0.15) is 0 Å². The first kappa shape index (κ1) is 10.4. The first-order valence-electron chi connectivity index (χ1n) is 3.77. The number of amides is 1. The lowest BCUT2D eigenvalue weighted by Gasteiger charge is -2.12. The van der Waals surface area contributed by atoms with Crippen LogP contribution in [0.4, 0.5) is 0 Å². The summed E-state index contributed by atoms with van der Waals surface area (Å²) >= 11 is 0. The van der Waals surface area contributed by atoms with Crippen LogP contribution in [-0.2, 0) is 4.79 Å². The molecule has 1 saturated heterocycles. The maximum absolute atomic E-state index is 10.8. The van der Waals surface area contributed by atoms with Crippen molar-refractivity contribution in [3.63, 3.8) is 0 Å². The molecular weight excluding hydrogens is 144 g/mol. The number of likely N-dealkylation sites (tertiary alicyclic amines) is 1. The highest BCUT2D eigenvalue weighted by molar-refractivity contribution is 5.78. The number of carbonyl (C=O) groups excluding carboxylic acids is 1. The fraction of sp³-hybridized carbons (Fsp3) is 0.857. The van der Waals surface area contributed by atoms with Gasteiger partial charge in [-0.05, 0) is 12.8 Å². The summed E-state index contributed by atoms with van der Waals surface area (Å²) in [4.78, 5) is 12.6. The Hall–Kier alpha value is -0.610. The lowest BCUT2D eigenvalue weighted by molar-refractivity contribution is -0.128. The van der Waals surface area contributed by atoms with Crippen LogP contribution in [-0.4, -0.2) is 42.7 Å². The lowest BCUT2D eigenvalue weighted by atomic mass is 10.4. The zero-order chi connectivity index (χ0) is 8.69. The van der Waals surface area contributed by atoms with Crippen LogP contribution in [0.1, 0.15) is 12.8 Å². The summed E-state index contributed by atoms with van der Waals surface area (Å²) in [5, 5.41) is 7.00. The molecule has 1 rings (SSSR count). The van der Waals surface area contributed by atoms with Crippen molar-refractivity contribution in [2.75, 3.05) is 26.7 Å². The minimum Gasteiger partial charge on any atom is -0.400 e. The van der Waals surface area contributed by atoms with Gasteiger partial charge in [-0.3, -0.25) is 4.79 Å². The Balaban J connectivity index is 0.000000461. The molecule has 1 fully saturated rings. The predicted molar refractivity (Wildman–Crippen MR) is 43.0 cm³/mol. The fourth-order valence-electron chi connectivity index (χ4n) is 1.10. The van der Waals surface area contributed by atoms with E-state index in [1.54, 1.807) is 0 Å². The van der Waals surface area contributed by atoms with Gasteiger partial charge < -0.3 is 15.7 Å². The summed E-state index contributed by atoms with van der Waals surface area (Å²) in [5.41, 5.74) is 5.16. The van der Waals surface area contributed by atoms with E-state index >= 15 is 0 Å². The van der Waals surface area contributed by atoms with E-state index in [2.05, 4.69) is 0 Å². The van der Waals surface area contributed by atoms with Gasteiger partial charge in [0.05, 0.1) is 6.54 Å². The van der Waals surface area contributed by atoms with Crippen LogP contribution in [0.25, 0.3) is 0 Å². The van der Waals surface area contributed by atoms with Crippen LogP contribution in [0.15, 0.2) is 0 Å². The predicted octanol–water partition coefficient (Wildman–Crippen LogP) is -0.824. The van der Waals surface area contributed by atoms with Crippen molar-refractivity contribution >= 4 is 5.91 Å². The number of aliphatic hydroxyl groups excluding tert-OH is 1. The van der Waals surface area contributed by atoms with Gasteiger partial charge in [-0.1, -0.05) is 0 Å². The molecule has 0 aliphatic carbocycles. The third-order valence-corrected chi connectivity index (χ3v) is 1.63. The highest BCUT2D eigenvalue weighted by Crippen LogP contribution is 2.05. The molecule has 4 nitrogen and oxygen atoms in total. The zero-order valence-electron chi connectivity index (χ0n) is 6.92. The van der Waals surface area contributed by atoms with E-state index in [1.807, 2.05) is 4.90 Å². The molecule has 0 spiro atoms. The summed E-state index contributed by atoms with van der Waals surface area (Å²) in [7, 11) is 1.00. The highest BCUT2D eigenvalue weighted by atomic mass is 16.2. The van der Waals surface area contributed by atoms with Gasteiger partial charge in [-0.25, -0.2) is 0 Å². The number of aliphatic hydroxyl groups is 1. The molecule has 1 amide bonds. The Morgan fingerprint density at radius 1 is 1.45 bits per heavy atom. The van der Waals surface area contributed by atoms with Crippen molar-refractivity contribution in [3.05, 3.63) is 0 Å².